The molecule has 20 heavy (non-hydrogen) atoms. The van der Waals surface area contributed by atoms with Gasteiger partial charge in [0.25, 0.3) is 5.91 Å². The van der Waals surface area contributed by atoms with Crippen molar-refractivity contribution in [2.45, 2.75) is 18.6 Å². The minimum absolute atomic E-state index is 0.212. The van der Waals surface area contributed by atoms with Crippen LogP contribution in [0, 0.1) is 5.82 Å². The number of hydrogen-bond acceptors (Lipinski definition) is 4. The van der Waals surface area contributed by atoms with Gasteiger partial charge in [-0.05, 0) is 19.5 Å². The van der Waals surface area contributed by atoms with Gasteiger partial charge >= 0.3 is 0 Å². The zero-order valence-electron chi connectivity index (χ0n) is 12.0. The van der Waals surface area contributed by atoms with Crippen LogP contribution in [0.25, 0.3) is 0 Å². The second-order valence-electron chi connectivity index (χ2n) is 5.26. The standard InChI is InChI=1S/C14H20FN3O2/c1-17-9-13(20-3)5-12(17)8-18(2)14(19)10-4-11(15)7-16-6-10/h4,6-7,12-13H,5,8-9H2,1-3H3/t12-,13-/m0/s1. The lowest BCUT2D eigenvalue weighted by Crippen LogP contribution is -2.39. The molecule has 1 saturated heterocycles. The number of likely N-dealkylation sites (tertiary alicyclic amines) is 1. The van der Waals surface area contributed by atoms with E-state index < -0.39 is 5.82 Å². The number of likely N-dealkylation sites (N-methyl/N-ethyl adjacent to an activating group) is 2. The van der Waals surface area contributed by atoms with E-state index in [1.54, 1.807) is 19.1 Å². The number of rotatable bonds is 4. The van der Waals surface area contributed by atoms with Crippen LogP contribution in [-0.4, -0.2) is 67.1 Å². The molecule has 0 N–H and O–H groups in total. The second kappa shape index (κ2) is 6.28. The van der Waals surface area contributed by atoms with Crippen LogP contribution in [0.4, 0.5) is 4.39 Å². The zero-order valence-corrected chi connectivity index (χ0v) is 12.0. The minimum atomic E-state index is -0.498. The highest BCUT2D eigenvalue weighted by atomic mass is 19.1. The van der Waals surface area contributed by atoms with Crippen LogP contribution in [0.2, 0.25) is 0 Å². The van der Waals surface area contributed by atoms with Crippen molar-refractivity contribution in [3.63, 3.8) is 0 Å². The first-order chi connectivity index (χ1) is 9.51. The van der Waals surface area contributed by atoms with Gasteiger partial charge in [0, 0.05) is 39.5 Å². The lowest BCUT2D eigenvalue weighted by molar-refractivity contribution is 0.0759. The van der Waals surface area contributed by atoms with Crippen molar-refractivity contribution < 1.29 is 13.9 Å². The molecule has 0 aromatic carbocycles. The summed E-state index contributed by atoms with van der Waals surface area (Å²) in [5.74, 6) is -0.715. The zero-order chi connectivity index (χ0) is 14.7. The molecule has 0 aliphatic carbocycles. The molecule has 1 fully saturated rings. The summed E-state index contributed by atoms with van der Waals surface area (Å²) in [7, 11) is 5.45. The van der Waals surface area contributed by atoms with Crippen molar-refractivity contribution in [1.82, 2.24) is 14.8 Å². The van der Waals surface area contributed by atoms with E-state index in [4.69, 9.17) is 4.74 Å². The third-order valence-electron chi connectivity index (χ3n) is 3.77. The Morgan fingerprint density at radius 1 is 1.60 bits per heavy atom. The van der Waals surface area contributed by atoms with E-state index in [0.29, 0.717) is 6.54 Å². The first kappa shape index (κ1) is 14.9. The number of carbonyl (C=O) groups is 1. The van der Waals surface area contributed by atoms with Crippen LogP contribution in [0.5, 0.6) is 0 Å². The van der Waals surface area contributed by atoms with Gasteiger partial charge in [-0.2, -0.15) is 0 Å². The number of hydrogen-bond donors (Lipinski definition) is 0. The van der Waals surface area contributed by atoms with E-state index in [1.807, 2.05) is 7.05 Å². The number of amides is 1. The Bertz CT molecular complexity index is 483. The summed E-state index contributed by atoms with van der Waals surface area (Å²) >= 11 is 0. The summed E-state index contributed by atoms with van der Waals surface area (Å²) in [4.78, 5) is 19.7. The fraction of sp³-hybridized carbons (Fsp3) is 0.571. The molecule has 2 heterocycles. The quantitative estimate of drug-likeness (QED) is 0.826. The van der Waals surface area contributed by atoms with Crippen LogP contribution in [0.15, 0.2) is 18.5 Å². The van der Waals surface area contributed by atoms with Crippen LogP contribution in [-0.2, 0) is 4.74 Å². The molecule has 110 valence electrons. The molecular weight excluding hydrogens is 261 g/mol. The van der Waals surface area contributed by atoms with E-state index >= 15 is 0 Å². The van der Waals surface area contributed by atoms with E-state index in [1.165, 1.54) is 12.3 Å². The number of ether oxygens (including phenoxy) is 1. The fourth-order valence-corrected chi connectivity index (χ4v) is 2.56. The highest BCUT2D eigenvalue weighted by Gasteiger charge is 2.31. The normalized spacial score (nSPS) is 23.0. The maximum atomic E-state index is 13.1. The fourth-order valence-electron chi connectivity index (χ4n) is 2.56. The number of halogens is 1. The molecule has 2 rings (SSSR count). The van der Waals surface area contributed by atoms with Crippen molar-refractivity contribution in [3.8, 4) is 0 Å². The largest absolute Gasteiger partial charge is 0.380 e. The summed E-state index contributed by atoms with van der Waals surface area (Å²) in [5, 5.41) is 0. The predicted octanol–water partition coefficient (Wildman–Crippen LogP) is 1.01. The lowest BCUT2D eigenvalue weighted by Gasteiger charge is -2.25. The Balaban J connectivity index is 1.98. The highest BCUT2D eigenvalue weighted by Crippen LogP contribution is 2.19. The Morgan fingerprint density at radius 3 is 2.95 bits per heavy atom. The van der Waals surface area contributed by atoms with Gasteiger partial charge in [0.2, 0.25) is 0 Å². The summed E-state index contributed by atoms with van der Waals surface area (Å²) in [6.07, 6.45) is 3.58. The smallest absolute Gasteiger partial charge is 0.255 e. The van der Waals surface area contributed by atoms with E-state index in [2.05, 4.69) is 9.88 Å². The second-order valence-corrected chi connectivity index (χ2v) is 5.26. The van der Waals surface area contributed by atoms with Gasteiger partial charge in [0.1, 0.15) is 5.82 Å². The van der Waals surface area contributed by atoms with Crippen molar-refractivity contribution in [3.05, 3.63) is 29.8 Å². The van der Waals surface area contributed by atoms with Gasteiger partial charge in [-0.1, -0.05) is 0 Å². The van der Waals surface area contributed by atoms with Crippen molar-refractivity contribution in [1.29, 1.82) is 0 Å². The number of nitrogens with zero attached hydrogens (tertiary/aromatic N) is 3. The van der Waals surface area contributed by atoms with Crippen LogP contribution < -0.4 is 0 Å². The van der Waals surface area contributed by atoms with Crippen molar-refractivity contribution in [2.24, 2.45) is 0 Å². The van der Waals surface area contributed by atoms with Gasteiger partial charge in [0.15, 0.2) is 0 Å². The van der Waals surface area contributed by atoms with Crippen LogP contribution >= 0.6 is 0 Å². The molecule has 6 heteroatoms. The molecule has 2 atom stereocenters. The molecule has 1 aliphatic heterocycles. The summed E-state index contributed by atoms with van der Waals surface area (Å²) in [5.41, 5.74) is 0.274. The van der Waals surface area contributed by atoms with Crippen LogP contribution in [0.1, 0.15) is 16.8 Å². The summed E-state index contributed by atoms with van der Waals surface area (Å²) in [6, 6.07) is 1.47. The SMILES string of the molecule is CO[C@H]1C[C@@H](CN(C)C(=O)c2cncc(F)c2)N(C)C1. The molecule has 5 nitrogen and oxygen atoms in total. The summed E-state index contributed by atoms with van der Waals surface area (Å²) in [6.45, 7) is 1.45. The topological polar surface area (TPSA) is 45.7 Å². The van der Waals surface area contributed by atoms with Gasteiger partial charge < -0.3 is 9.64 Å². The van der Waals surface area contributed by atoms with Crippen molar-refractivity contribution >= 4 is 5.91 Å². The maximum Gasteiger partial charge on any atom is 0.255 e. The molecule has 1 amide bonds. The molecule has 1 aromatic rings. The molecule has 0 saturated carbocycles. The molecular formula is C14H20FN3O2. The molecule has 0 spiro atoms. The van der Waals surface area contributed by atoms with Gasteiger partial charge in [-0.3, -0.25) is 14.7 Å². The summed E-state index contributed by atoms with van der Waals surface area (Å²) < 4.78 is 18.4. The van der Waals surface area contributed by atoms with E-state index in [9.17, 15) is 9.18 Å². The molecule has 0 radical (unpaired) electrons. The molecule has 1 aromatic heterocycles. The van der Waals surface area contributed by atoms with Crippen LogP contribution in [0.3, 0.4) is 0 Å². The van der Waals surface area contributed by atoms with Crippen molar-refractivity contribution in [2.75, 3.05) is 34.3 Å². The Kier molecular flexibility index (Phi) is 4.67. The molecule has 0 unspecified atom stereocenters. The molecule has 0 bridgehead atoms. The average Bonchev–Trinajstić information content (AvgIpc) is 2.78. The number of carbonyl (C=O) groups excluding carboxylic acids is 1. The number of methoxy groups -OCH3 is 1. The monoisotopic (exact) mass is 281 g/mol. The Hall–Kier alpha value is -1.53. The third kappa shape index (κ3) is 3.32. The van der Waals surface area contributed by atoms with E-state index in [0.717, 1.165) is 19.2 Å². The van der Waals surface area contributed by atoms with Gasteiger partial charge in [0.05, 0.1) is 17.9 Å². The van der Waals surface area contributed by atoms with Gasteiger partial charge in [-0.25, -0.2) is 4.39 Å². The average molecular weight is 281 g/mol. The third-order valence-corrected chi connectivity index (χ3v) is 3.77. The lowest BCUT2D eigenvalue weighted by atomic mass is 10.1. The molecule has 1 aliphatic rings. The number of pyridine rings is 1. The van der Waals surface area contributed by atoms with E-state index in [-0.39, 0.29) is 23.6 Å². The minimum Gasteiger partial charge on any atom is -0.380 e. The number of aromatic nitrogens is 1. The highest BCUT2D eigenvalue weighted by molar-refractivity contribution is 5.93. The first-order valence-electron chi connectivity index (χ1n) is 6.60. The van der Waals surface area contributed by atoms with Gasteiger partial charge in [-0.15, -0.1) is 0 Å². The Morgan fingerprint density at radius 2 is 2.35 bits per heavy atom. The predicted molar refractivity (Wildman–Crippen MR) is 73.0 cm³/mol. The Labute approximate surface area is 118 Å². The maximum absolute atomic E-state index is 13.1. The first-order valence-corrected chi connectivity index (χ1v) is 6.60.